The Balaban J connectivity index is 1.66. The Morgan fingerprint density at radius 2 is 2.00 bits per heavy atom. The molecule has 29 heavy (non-hydrogen) atoms. The first kappa shape index (κ1) is 19.5. The molecule has 2 aromatic carbocycles. The molecule has 0 aliphatic carbocycles. The van der Waals surface area contributed by atoms with Crippen molar-refractivity contribution >= 4 is 49.1 Å². The SMILES string of the molecule is CCc1nc2c(sc3cccc(F)c32)c(=O)n1CC(=O)NCc1ccc(Cl)cc1. The summed E-state index contributed by atoms with van der Waals surface area (Å²) in [7, 11) is 0. The monoisotopic (exact) mass is 429 g/mol. The molecular weight excluding hydrogens is 413 g/mol. The third kappa shape index (κ3) is 3.75. The van der Waals surface area contributed by atoms with Crippen LogP contribution < -0.4 is 10.9 Å². The molecule has 4 aromatic rings. The van der Waals surface area contributed by atoms with Gasteiger partial charge in [-0.1, -0.05) is 36.7 Å². The van der Waals surface area contributed by atoms with E-state index >= 15 is 0 Å². The molecule has 1 N–H and O–H groups in total. The lowest BCUT2D eigenvalue weighted by atomic mass is 10.2. The van der Waals surface area contributed by atoms with Gasteiger partial charge in [0, 0.05) is 22.7 Å². The molecule has 8 heteroatoms. The van der Waals surface area contributed by atoms with E-state index < -0.39 is 5.82 Å². The van der Waals surface area contributed by atoms with Gasteiger partial charge in [-0.15, -0.1) is 11.3 Å². The van der Waals surface area contributed by atoms with Gasteiger partial charge in [-0.3, -0.25) is 14.2 Å². The fraction of sp³-hybridized carbons (Fsp3) is 0.190. The fourth-order valence-corrected chi connectivity index (χ4v) is 4.44. The molecule has 0 aliphatic heterocycles. The van der Waals surface area contributed by atoms with Gasteiger partial charge in [0.25, 0.3) is 5.56 Å². The Morgan fingerprint density at radius 1 is 1.24 bits per heavy atom. The number of hydrogen-bond acceptors (Lipinski definition) is 4. The van der Waals surface area contributed by atoms with Crippen LogP contribution in [-0.2, 0) is 24.3 Å². The number of fused-ring (bicyclic) bond motifs is 3. The van der Waals surface area contributed by atoms with Gasteiger partial charge in [-0.05, 0) is 29.8 Å². The van der Waals surface area contributed by atoms with Crippen molar-refractivity contribution in [2.45, 2.75) is 26.4 Å². The van der Waals surface area contributed by atoms with Crippen molar-refractivity contribution in [1.82, 2.24) is 14.9 Å². The number of thiophene rings is 1. The van der Waals surface area contributed by atoms with Crippen LogP contribution in [0.25, 0.3) is 20.3 Å². The van der Waals surface area contributed by atoms with Gasteiger partial charge < -0.3 is 5.32 Å². The highest BCUT2D eigenvalue weighted by Crippen LogP contribution is 2.32. The molecule has 0 saturated heterocycles. The normalized spacial score (nSPS) is 11.3. The van der Waals surface area contributed by atoms with Crippen LogP contribution >= 0.6 is 22.9 Å². The van der Waals surface area contributed by atoms with Crippen LogP contribution in [0.15, 0.2) is 47.3 Å². The quantitative estimate of drug-likeness (QED) is 0.515. The Bertz CT molecular complexity index is 1280. The lowest BCUT2D eigenvalue weighted by Gasteiger charge is -2.11. The Labute approximate surface area is 174 Å². The molecule has 0 saturated carbocycles. The number of rotatable bonds is 5. The molecule has 0 unspecified atom stereocenters. The highest BCUT2D eigenvalue weighted by Gasteiger charge is 2.18. The molecule has 0 fully saturated rings. The van der Waals surface area contributed by atoms with E-state index in [0.29, 0.717) is 44.1 Å². The number of carbonyl (C=O) groups is 1. The topological polar surface area (TPSA) is 64.0 Å². The summed E-state index contributed by atoms with van der Waals surface area (Å²) in [5.41, 5.74) is 0.941. The highest BCUT2D eigenvalue weighted by molar-refractivity contribution is 7.25. The second-order valence-electron chi connectivity index (χ2n) is 6.57. The summed E-state index contributed by atoms with van der Waals surface area (Å²) in [5, 5.41) is 3.79. The summed E-state index contributed by atoms with van der Waals surface area (Å²) in [6, 6.07) is 11.9. The van der Waals surface area contributed by atoms with E-state index in [0.717, 1.165) is 5.56 Å². The van der Waals surface area contributed by atoms with Crippen LogP contribution in [0, 0.1) is 5.82 Å². The minimum Gasteiger partial charge on any atom is -0.350 e. The summed E-state index contributed by atoms with van der Waals surface area (Å²) in [5.74, 6) is -0.251. The lowest BCUT2D eigenvalue weighted by molar-refractivity contribution is -0.121. The number of benzene rings is 2. The zero-order chi connectivity index (χ0) is 20.5. The molecule has 148 valence electrons. The second kappa shape index (κ2) is 7.93. The van der Waals surface area contributed by atoms with Crippen molar-refractivity contribution in [3.63, 3.8) is 0 Å². The van der Waals surface area contributed by atoms with Crippen molar-refractivity contribution < 1.29 is 9.18 Å². The van der Waals surface area contributed by atoms with Gasteiger partial charge in [0.1, 0.15) is 22.9 Å². The van der Waals surface area contributed by atoms with Crippen molar-refractivity contribution in [3.05, 3.63) is 75.0 Å². The van der Waals surface area contributed by atoms with Gasteiger partial charge in [0.05, 0.1) is 10.9 Å². The molecule has 0 atom stereocenters. The van der Waals surface area contributed by atoms with E-state index in [4.69, 9.17) is 11.6 Å². The summed E-state index contributed by atoms with van der Waals surface area (Å²) < 4.78 is 16.7. The van der Waals surface area contributed by atoms with Gasteiger partial charge in [-0.25, -0.2) is 9.37 Å². The molecule has 5 nitrogen and oxygen atoms in total. The number of aromatic nitrogens is 2. The van der Waals surface area contributed by atoms with Crippen LogP contribution in [0.4, 0.5) is 4.39 Å². The van der Waals surface area contributed by atoms with Crippen molar-refractivity contribution in [3.8, 4) is 0 Å². The van der Waals surface area contributed by atoms with Gasteiger partial charge >= 0.3 is 0 Å². The van der Waals surface area contributed by atoms with Crippen molar-refractivity contribution in [1.29, 1.82) is 0 Å². The predicted octanol–water partition coefficient (Wildman–Crippen LogP) is 4.28. The number of halogens is 2. The van der Waals surface area contributed by atoms with E-state index in [1.165, 1.54) is 22.0 Å². The third-order valence-corrected chi connectivity index (χ3v) is 6.04. The maximum absolute atomic E-state index is 14.3. The number of amides is 1. The lowest BCUT2D eigenvalue weighted by Crippen LogP contribution is -2.34. The second-order valence-corrected chi connectivity index (χ2v) is 8.06. The highest BCUT2D eigenvalue weighted by atomic mass is 35.5. The van der Waals surface area contributed by atoms with Crippen LogP contribution in [0.2, 0.25) is 5.02 Å². The van der Waals surface area contributed by atoms with Gasteiger partial charge in [-0.2, -0.15) is 0 Å². The molecule has 0 spiro atoms. The predicted molar refractivity (Wildman–Crippen MR) is 114 cm³/mol. The van der Waals surface area contributed by atoms with Crippen molar-refractivity contribution in [2.75, 3.05) is 0 Å². The van der Waals surface area contributed by atoms with Crippen LogP contribution in [0.3, 0.4) is 0 Å². The summed E-state index contributed by atoms with van der Waals surface area (Å²) >= 11 is 7.06. The number of nitrogens with one attached hydrogen (secondary N) is 1. The number of aryl methyl sites for hydroxylation is 1. The Morgan fingerprint density at radius 3 is 2.72 bits per heavy atom. The Kier molecular flexibility index (Phi) is 5.34. The summed E-state index contributed by atoms with van der Waals surface area (Å²) in [4.78, 5) is 30.0. The summed E-state index contributed by atoms with van der Waals surface area (Å²) in [6.07, 6.45) is 0.446. The largest absolute Gasteiger partial charge is 0.350 e. The molecule has 0 radical (unpaired) electrons. The van der Waals surface area contributed by atoms with Crippen molar-refractivity contribution in [2.24, 2.45) is 0 Å². The Hall–Kier alpha value is -2.77. The first-order valence-electron chi connectivity index (χ1n) is 9.09. The first-order chi connectivity index (χ1) is 14.0. The van der Waals surface area contributed by atoms with Gasteiger partial charge in [0.15, 0.2) is 0 Å². The maximum Gasteiger partial charge on any atom is 0.272 e. The molecule has 2 heterocycles. The molecule has 0 aliphatic rings. The van der Waals surface area contributed by atoms with E-state index in [1.807, 2.05) is 19.1 Å². The van der Waals surface area contributed by atoms with E-state index in [9.17, 15) is 14.0 Å². The molecule has 0 bridgehead atoms. The smallest absolute Gasteiger partial charge is 0.272 e. The zero-order valence-electron chi connectivity index (χ0n) is 15.5. The van der Waals surface area contributed by atoms with E-state index in [1.54, 1.807) is 24.3 Å². The molecule has 1 amide bonds. The standard InChI is InChI=1S/C21H17ClFN3O2S/c1-2-16-25-19-18-14(23)4-3-5-15(18)29-20(19)21(28)26(16)11-17(27)24-10-12-6-8-13(22)9-7-12/h3-9H,2,10-11H2,1H3,(H,24,27). The van der Waals surface area contributed by atoms with E-state index in [-0.39, 0.29) is 18.0 Å². The third-order valence-electron chi connectivity index (χ3n) is 4.65. The average Bonchev–Trinajstić information content (AvgIpc) is 3.09. The number of hydrogen-bond donors (Lipinski definition) is 1. The summed E-state index contributed by atoms with van der Waals surface area (Å²) in [6.45, 7) is 2.03. The fourth-order valence-electron chi connectivity index (χ4n) is 3.21. The first-order valence-corrected chi connectivity index (χ1v) is 10.3. The number of carbonyl (C=O) groups excluding carboxylic acids is 1. The maximum atomic E-state index is 14.3. The average molecular weight is 430 g/mol. The van der Waals surface area contributed by atoms with Crippen LogP contribution in [0.1, 0.15) is 18.3 Å². The zero-order valence-corrected chi connectivity index (χ0v) is 17.1. The molecular formula is C21H17ClFN3O2S. The molecule has 2 aromatic heterocycles. The number of nitrogens with zero attached hydrogens (tertiary/aromatic N) is 2. The van der Waals surface area contributed by atoms with Gasteiger partial charge in [0.2, 0.25) is 5.91 Å². The molecule has 4 rings (SSSR count). The van der Waals surface area contributed by atoms with E-state index in [2.05, 4.69) is 10.3 Å². The minimum atomic E-state index is -0.402. The van der Waals surface area contributed by atoms with Crippen LogP contribution in [-0.4, -0.2) is 15.5 Å². The van der Waals surface area contributed by atoms with Crippen LogP contribution in [0.5, 0.6) is 0 Å². The minimum absolute atomic E-state index is 0.144.